The zero-order chi connectivity index (χ0) is 30.3. The van der Waals surface area contributed by atoms with Gasteiger partial charge in [0.15, 0.2) is 0 Å². The number of amides is 4. The first kappa shape index (κ1) is 29.3. The second-order valence-corrected chi connectivity index (χ2v) is 11.1. The van der Waals surface area contributed by atoms with E-state index in [1.807, 2.05) is 19.1 Å². The summed E-state index contributed by atoms with van der Waals surface area (Å²) in [7, 11) is 1.57. The Hall–Kier alpha value is -5.15. The van der Waals surface area contributed by atoms with Crippen molar-refractivity contribution in [3.8, 4) is 5.75 Å². The molecule has 0 radical (unpaired) electrons. The van der Waals surface area contributed by atoms with E-state index in [9.17, 15) is 19.2 Å². The summed E-state index contributed by atoms with van der Waals surface area (Å²) >= 11 is 1.31. The molecule has 0 spiro atoms. The van der Waals surface area contributed by atoms with Crippen LogP contribution in [0.4, 0.5) is 11.4 Å². The highest BCUT2D eigenvalue weighted by Crippen LogP contribution is 2.34. The van der Waals surface area contributed by atoms with E-state index < -0.39 is 17.1 Å². The van der Waals surface area contributed by atoms with Crippen molar-refractivity contribution >= 4 is 52.8 Å². The van der Waals surface area contributed by atoms with E-state index >= 15 is 0 Å². The Balaban J connectivity index is 1.28. The molecule has 4 aromatic carbocycles. The minimum absolute atomic E-state index is 0.0590. The molecule has 216 valence electrons. The Morgan fingerprint density at radius 2 is 1.56 bits per heavy atom. The largest absolute Gasteiger partial charge is 0.497 e. The summed E-state index contributed by atoms with van der Waals surface area (Å²) in [6.45, 7) is 1.95. The number of nitrogens with one attached hydrogen (secondary N) is 2. The number of nitrogens with zero attached hydrogens (tertiary/aromatic N) is 1. The number of anilines is 2. The third kappa shape index (κ3) is 7.20. The molecule has 0 bridgehead atoms. The van der Waals surface area contributed by atoms with Gasteiger partial charge in [-0.25, -0.2) is 4.90 Å². The van der Waals surface area contributed by atoms with Crippen molar-refractivity contribution in [1.82, 2.24) is 5.32 Å². The average molecular weight is 592 g/mol. The summed E-state index contributed by atoms with van der Waals surface area (Å²) in [5.74, 6) is -0.743. The summed E-state index contributed by atoms with van der Waals surface area (Å²) < 4.78 is 5.21. The van der Waals surface area contributed by atoms with E-state index in [1.165, 1.54) is 16.7 Å². The van der Waals surface area contributed by atoms with Crippen LogP contribution in [0.3, 0.4) is 0 Å². The third-order valence-electron chi connectivity index (χ3n) is 6.74. The first-order valence-electron chi connectivity index (χ1n) is 13.5. The van der Waals surface area contributed by atoms with E-state index in [4.69, 9.17) is 4.74 Å². The fraction of sp³-hybridized carbons (Fsp3) is 0.118. The van der Waals surface area contributed by atoms with Crippen LogP contribution in [0.1, 0.15) is 27.9 Å². The standard InChI is InChI=1S/C34H29N3O5S/c1-22-8-14-26(15-9-22)37-31(38)21-30(34(37)41)43-28-18-12-25(13-19-28)35-33(40)29(20-23-10-16-27(42-2)17-11-23)36-32(39)24-6-4-3-5-7-24/h3-20,30H,21H2,1-2H3,(H,35,40)(H,36,39)/b29-20-. The van der Waals surface area contributed by atoms with Crippen molar-refractivity contribution in [1.29, 1.82) is 0 Å². The molecular formula is C34H29N3O5S. The fourth-order valence-corrected chi connectivity index (χ4v) is 5.50. The van der Waals surface area contributed by atoms with Gasteiger partial charge >= 0.3 is 0 Å². The fourth-order valence-electron chi connectivity index (χ4n) is 4.45. The predicted molar refractivity (Wildman–Crippen MR) is 168 cm³/mol. The van der Waals surface area contributed by atoms with E-state index in [-0.39, 0.29) is 23.9 Å². The van der Waals surface area contributed by atoms with Gasteiger partial charge in [0.1, 0.15) is 11.4 Å². The topological polar surface area (TPSA) is 105 Å². The smallest absolute Gasteiger partial charge is 0.272 e. The minimum Gasteiger partial charge on any atom is -0.497 e. The molecule has 8 nitrogen and oxygen atoms in total. The van der Waals surface area contributed by atoms with Gasteiger partial charge in [-0.2, -0.15) is 0 Å². The number of carbonyl (C=O) groups is 4. The number of ether oxygens (including phenoxy) is 1. The van der Waals surface area contributed by atoms with Gasteiger partial charge in [-0.05, 0) is 79.2 Å². The molecular weight excluding hydrogens is 562 g/mol. The zero-order valence-corrected chi connectivity index (χ0v) is 24.4. The molecule has 1 unspecified atom stereocenters. The SMILES string of the molecule is COc1ccc(/C=C(\NC(=O)c2ccccc2)C(=O)Nc2ccc(SC3CC(=O)N(c4ccc(C)cc4)C3=O)cc2)cc1. The van der Waals surface area contributed by atoms with Crippen molar-refractivity contribution < 1.29 is 23.9 Å². The van der Waals surface area contributed by atoms with Gasteiger partial charge in [0.25, 0.3) is 11.8 Å². The monoisotopic (exact) mass is 591 g/mol. The van der Waals surface area contributed by atoms with Crippen LogP contribution < -0.4 is 20.3 Å². The first-order valence-corrected chi connectivity index (χ1v) is 14.4. The minimum atomic E-state index is -0.540. The maximum Gasteiger partial charge on any atom is 0.272 e. The molecule has 4 aromatic rings. The number of benzene rings is 4. The van der Waals surface area contributed by atoms with Crippen LogP contribution in [-0.2, 0) is 14.4 Å². The molecule has 0 saturated carbocycles. The average Bonchev–Trinajstić information content (AvgIpc) is 3.30. The highest BCUT2D eigenvalue weighted by molar-refractivity contribution is 8.00. The molecule has 9 heteroatoms. The number of aryl methyl sites for hydroxylation is 1. The molecule has 43 heavy (non-hydrogen) atoms. The van der Waals surface area contributed by atoms with Crippen molar-refractivity contribution in [3.63, 3.8) is 0 Å². The van der Waals surface area contributed by atoms with Crippen LogP contribution >= 0.6 is 11.8 Å². The Morgan fingerprint density at radius 3 is 2.21 bits per heavy atom. The summed E-state index contributed by atoms with van der Waals surface area (Å²) in [5.41, 5.74) is 3.28. The number of carbonyl (C=O) groups excluding carboxylic acids is 4. The number of imide groups is 1. The maximum atomic E-state index is 13.3. The summed E-state index contributed by atoms with van der Waals surface area (Å²) in [6.07, 6.45) is 1.69. The number of hydrogen-bond acceptors (Lipinski definition) is 6. The number of methoxy groups -OCH3 is 1. The lowest BCUT2D eigenvalue weighted by atomic mass is 10.1. The van der Waals surface area contributed by atoms with E-state index in [2.05, 4.69) is 10.6 Å². The van der Waals surface area contributed by atoms with E-state index in [0.29, 0.717) is 28.3 Å². The number of thioether (sulfide) groups is 1. The highest BCUT2D eigenvalue weighted by Gasteiger charge is 2.40. The number of rotatable bonds is 9. The normalized spacial score (nSPS) is 14.9. The Bertz CT molecular complexity index is 1670. The summed E-state index contributed by atoms with van der Waals surface area (Å²) in [5, 5.41) is 5.01. The quantitative estimate of drug-likeness (QED) is 0.187. The van der Waals surface area contributed by atoms with Crippen LogP contribution in [-0.4, -0.2) is 36.0 Å². The lowest BCUT2D eigenvalue weighted by Gasteiger charge is -2.15. The summed E-state index contributed by atoms with van der Waals surface area (Å²) in [4.78, 5) is 53.9. The van der Waals surface area contributed by atoms with Gasteiger partial charge < -0.3 is 15.4 Å². The maximum absolute atomic E-state index is 13.3. The molecule has 2 N–H and O–H groups in total. The van der Waals surface area contributed by atoms with Crippen LogP contribution in [0.5, 0.6) is 5.75 Å². The number of hydrogen-bond donors (Lipinski definition) is 2. The van der Waals surface area contributed by atoms with Gasteiger partial charge in [-0.3, -0.25) is 19.2 Å². The Kier molecular flexibility index (Phi) is 9.02. The van der Waals surface area contributed by atoms with Crippen molar-refractivity contribution in [2.75, 3.05) is 17.3 Å². The van der Waals surface area contributed by atoms with Crippen LogP contribution in [0, 0.1) is 6.92 Å². The lowest BCUT2D eigenvalue weighted by molar-refractivity contribution is -0.121. The molecule has 1 aliphatic rings. The van der Waals surface area contributed by atoms with Crippen molar-refractivity contribution in [2.24, 2.45) is 0 Å². The molecule has 1 saturated heterocycles. The molecule has 0 aromatic heterocycles. The van der Waals surface area contributed by atoms with Crippen molar-refractivity contribution in [2.45, 2.75) is 23.5 Å². The van der Waals surface area contributed by atoms with Gasteiger partial charge in [-0.1, -0.05) is 48.0 Å². The van der Waals surface area contributed by atoms with Crippen LogP contribution in [0.2, 0.25) is 0 Å². The molecule has 5 rings (SSSR count). The van der Waals surface area contributed by atoms with Gasteiger partial charge in [0, 0.05) is 22.6 Å². The van der Waals surface area contributed by atoms with Gasteiger partial charge in [-0.15, -0.1) is 11.8 Å². The first-order chi connectivity index (χ1) is 20.8. The molecule has 1 heterocycles. The van der Waals surface area contributed by atoms with Crippen molar-refractivity contribution in [3.05, 3.63) is 126 Å². The summed E-state index contributed by atoms with van der Waals surface area (Å²) in [6, 6.07) is 30.0. The van der Waals surface area contributed by atoms with Crippen LogP contribution in [0.25, 0.3) is 6.08 Å². The lowest BCUT2D eigenvalue weighted by Crippen LogP contribution is -2.31. The molecule has 4 amide bonds. The Morgan fingerprint density at radius 1 is 0.884 bits per heavy atom. The third-order valence-corrected chi connectivity index (χ3v) is 7.94. The van der Waals surface area contributed by atoms with E-state index in [0.717, 1.165) is 10.5 Å². The molecule has 1 atom stereocenters. The molecule has 0 aliphatic carbocycles. The van der Waals surface area contributed by atoms with Crippen LogP contribution in [0.15, 0.2) is 114 Å². The molecule has 1 aliphatic heterocycles. The zero-order valence-electron chi connectivity index (χ0n) is 23.6. The van der Waals surface area contributed by atoms with Gasteiger partial charge in [0.2, 0.25) is 11.8 Å². The second kappa shape index (κ2) is 13.2. The van der Waals surface area contributed by atoms with E-state index in [1.54, 1.807) is 104 Å². The highest BCUT2D eigenvalue weighted by atomic mass is 32.2. The van der Waals surface area contributed by atoms with Gasteiger partial charge in [0.05, 0.1) is 18.0 Å². The predicted octanol–water partition coefficient (Wildman–Crippen LogP) is 5.84. The second-order valence-electron chi connectivity index (χ2n) is 9.84. The molecule has 1 fully saturated rings. The Labute approximate surface area is 253 Å².